The highest BCUT2D eigenvalue weighted by Gasteiger charge is 2.52. The molecule has 0 aromatic heterocycles. The molecular formula is C16H31N3O2. The Morgan fingerprint density at radius 3 is 2.33 bits per heavy atom. The van der Waals surface area contributed by atoms with Gasteiger partial charge >= 0.3 is 5.97 Å². The standard InChI is InChI=1S/C16H31N3O2/c1-12(2)17-16(15(20)21,13-5-6-13)11-19(4)14-7-9-18(3)10-8-14/h12-14,17H,5-11H2,1-4H3,(H,20,21). The molecule has 1 aliphatic heterocycles. The highest BCUT2D eigenvalue weighted by atomic mass is 16.4. The van der Waals surface area contributed by atoms with Crippen molar-refractivity contribution in [2.45, 2.75) is 57.2 Å². The van der Waals surface area contributed by atoms with Crippen molar-refractivity contribution in [2.75, 3.05) is 33.7 Å². The molecule has 1 aliphatic carbocycles. The molecule has 5 heteroatoms. The van der Waals surface area contributed by atoms with Gasteiger partial charge in [0.2, 0.25) is 0 Å². The molecule has 1 saturated heterocycles. The average Bonchev–Trinajstić information content (AvgIpc) is 3.22. The Labute approximate surface area is 128 Å². The van der Waals surface area contributed by atoms with Crippen molar-refractivity contribution >= 4 is 5.97 Å². The minimum Gasteiger partial charge on any atom is -0.480 e. The normalized spacial score (nSPS) is 24.5. The third-order valence-corrected chi connectivity index (χ3v) is 5.01. The fraction of sp³-hybridized carbons (Fsp3) is 0.938. The van der Waals surface area contributed by atoms with Gasteiger partial charge in [-0.1, -0.05) is 0 Å². The van der Waals surface area contributed by atoms with Gasteiger partial charge in [-0.25, -0.2) is 0 Å². The quantitative estimate of drug-likeness (QED) is 0.740. The number of carbonyl (C=O) groups is 1. The maximum Gasteiger partial charge on any atom is 0.325 e. The fourth-order valence-corrected chi connectivity index (χ4v) is 3.65. The van der Waals surface area contributed by atoms with Crippen molar-refractivity contribution in [1.29, 1.82) is 0 Å². The largest absolute Gasteiger partial charge is 0.480 e. The first kappa shape index (κ1) is 16.7. The van der Waals surface area contributed by atoms with Crippen LogP contribution in [0.5, 0.6) is 0 Å². The Balaban J connectivity index is 2.05. The van der Waals surface area contributed by atoms with Crippen LogP contribution in [-0.4, -0.2) is 72.2 Å². The second-order valence-corrected chi connectivity index (χ2v) is 7.30. The van der Waals surface area contributed by atoms with Crippen LogP contribution in [-0.2, 0) is 4.79 Å². The van der Waals surface area contributed by atoms with Gasteiger partial charge in [0.25, 0.3) is 0 Å². The molecule has 2 fully saturated rings. The van der Waals surface area contributed by atoms with Crippen LogP contribution in [0.15, 0.2) is 0 Å². The first-order valence-corrected chi connectivity index (χ1v) is 8.25. The van der Waals surface area contributed by atoms with E-state index in [0.29, 0.717) is 12.6 Å². The van der Waals surface area contributed by atoms with E-state index in [2.05, 4.69) is 29.2 Å². The molecule has 21 heavy (non-hydrogen) atoms. The van der Waals surface area contributed by atoms with Crippen LogP contribution in [0.2, 0.25) is 0 Å². The van der Waals surface area contributed by atoms with Gasteiger partial charge in [0.05, 0.1) is 0 Å². The third kappa shape index (κ3) is 3.96. The summed E-state index contributed by atoms with van der Waals surface area (Å²) < 4.78 is 0. The number of hydrogen-bond acceptors (Lipinski definition) is 4. The van der Waals surface area contributed by atoms with Crippen LogP contribution in [0, 0.1) is 5.92 Å². The van der Waals surface area contributed by atoms with E-state index in [9.17, 15) is 9.90 Å². The summed E-state index contributed by atoms with van der Waals surface area (Å²) in [5.74, 6) is -0.399. The summed E-state index contributed by atoms with van der Waals surface area (Å²) in [5, 5.41) is 13.3. The lowest BCUT2D eigenvalue weighted by atomic mass is 9.90. The summed E-state index contributed by atoms with van der Waals surface area (Å²) >= 11 is 0. The van der Waals surface area contributed by atoms with Crippen LogP contribution >= 0.6 is 0 Å². The fourth-order valence-electron chi connectivity index (χ4n) is 3.65. The predicted octanol–water partition coefficient (Wildman–Crippen LogP) is 1.24. The van der Waals surface area contributed by atoms with Crippen molar-refractivity contribution < 1.29 is 9.90 Å². The molecule has 2 N–H and O–H groups in total. The number of nitrogens with zero attached hydrogens (tertiary/aromatic N) is 2. The number of nitrogens with one attached hydrogen (secondary N) is 1. The second kappa shape index (κ2) is 6.63. The lowest BCUT2D eigenvalue weighted by molar-refractivity contribution is -0.147. The summed E-state index contributed by atoms with van der Waals surface area (Å²) in [6.45, 7) is 6.90. The van der Waals surface area contributed by atoms with Crippen LogP contribution in [0.25, 0.3) is 0 Å². The molecule has 1 heterocycles. The molecule has 1 unspecified atom stereocenters. The molecular weight excluding hydrogens is 266 g/mol. The average molecular weight is 297 g/mol. The van der Waals surface area contributed by atoms with E-state index in [1.165, 1.54) is 0 Å². The van der Waals surface area contributed by atoms with Crippen molar-refractivity contribution in [3.05, 3.63) is 0 Å². The first-order valence-electron chi connectivity index (χ1n) is 8.25. The summed E-state index contributed by atoms with van der Waals surface area (Å²) in [6.07, 6.45) is 4.34. The Bertz CT molecular complexity index is 363. The van der Waals surface area contributed by atoms with Gasteiger partial charge in [0, 0.05) is 18.6 Å². The van der Waals surface area contributed by atoms with E-state index in [1.807, 2.05) is 13.8 Å². The van der Waals surface area contributed by atoms with E-state index in [1.54, 1.807) is 0 Å². The van der Waals surface area contributed by atoms with E-state index in [-0.39, 0.29) is 12.0 Å². The highest BCUT2D eigenvalue weighted by molar-refractivity contribution is 5.80. The smallest absolute Gasteiger partial charge is 0.325 e. The van der Waals surface area contributed by atoms with E-state index in [4.69, 9.17) is 0 Å². The highest BCUT2D eigenvalue weighted by Crippen LogP contribution is 2.41. The molecule has 0 spiro atoms. The Morgan fingerprint density at radius 2 is 1.90 bits per heavy atom. The summed E-state index contributed by atoms with van der Waals surface area (Å²) in [4.78, 5) is 16.6. The van der Waals surface area contributed by atoms with Crippen molar-refractivity contribution in [1.82, 2.24) is 15.1 Å². The lowest BCUT2D eigenvalue weighted by Crippen LogP contribution is -2.63. The molecule has 0 aromatic rings. The van der Waals surface area contributed by atoms with E-state index < -0.39 is 11.5 Å². The van der Waals surface area contributed by atoms with Crippen LogP contribution in [0.3, 0.4) is 0 Å². The summed E-state index contributed by atoms with van der Waals surface area (Å²) in [5.41, 5.74) is -0.772. The summed E-state index contributed by atoms with van der Waals surface area (Å²) in [6, 6.07) is 0.695. The maximum absolute atomic E-state index is 12.0. The van der Waals surface area contributed by atoms with Gasteiger partial charge in [-0.2, -0.15) is 0 Å². The Morgan fingerprint density at radius 1 is 1.33 bits per heavy atom. The molecule has 0 radical (unpaired) electrons. The van der Waals surface area contributed by atoms with Gasteiger partial charge < -0.3 is 14.9 Å². The maximum atomic E-state index is 12.0. The first-order chi connectivity index (χ1) is 9.85. The minimum absolute atomic E-state index is 0.188. The zero-order chi connectivity index (χ0) is 15.6. The number of aliphatic carboxylic acids is 1. The summed E-state index contributed by atoms with van der Waals surface area (Å²) in [7, 11) is 4.25. The van der Waals surface area contributed by atoms with Gasteiger partial charge in [-0.15, -0.1) is 0 Å². The molecule has 1 atom stereocenters. The van der Waals surface area contributed by atoms with Crippen LogP contribution in [0.4, 0.5) is 0 Å². The van der Waals surface area contributed by atoms with Crippen molar-refractivity contribution in [2.24, 2.45) is 5.92 Å². The third-order valence-electron chi connectivity index (χ3n) is 5.01. The molecule has 2 aliphatic rings. The number of carboxylic acid groups (broad SMARTS) is 1. The van der Waals surface area contributed by atoms with Crippen molar-refractivity contribution in [3.8, 4) is 0 Å². The zero-order valence-electron chi connectivity index (χ0n) is 13.9. The monoisotopic (exact) mass is 297 g/mol. The number of rotatable bonds is 7. The predicted molar refractivity (Wildman–Crippen MR) is 84.5 cm³/mol. The number of piperidine rings is 1. The van der Waals surface area contributed by atoms with E-state index in [0.717, 1.165) is 38.8 Å². The molecule has 1 saturated carbocycles. The van der Waals surface area contributed by atoms with Gasteiger partial charge in [0.15, 0.2) is 0 Å². The second-order valence-electron chi connectivity index (χ2n) is 7.30. The van der Waals surface area contributed by atoms with Crippen LogP contribution in [0.1, 0.15) is 39.5 Å². The van der Waals surface area contributed by atoms with Gasteiger partial charge in [-0.3, -0.25) is 10.1 Å². The lowest BCUT2D eigenvalue weighted by Gasteiger charge is -2.41. The SMILES string of the molecule is CC(C)NC(CN(C)C1CCN(C)CC1)(C(=O)O)C1CC1. The zero-order valence-corrected chi connectivity index (χ0v) is 13.9. The topological polar surface area (TPSA) is 55.8 Å². The van der Waals surface area contributed by atoms with Gasteiger partial charge in [0.1, 0.15) is 5.54 Å². The molecule has 2 rings (SSSR count). The minimum atomic E-state index is -0.772. The number of hydrogen-bond donors (Lipinski definition) is 2. The number of likely N-dealkylation sites (N-methyl/N-ethyl adjacent to an activating group) is 1. The molecule has 5 nitrogen and oxygen atoms in total. The van der Waals surface area contributed by atoms with Gasteiger partial charge in [-0.05, 0) is 72.6 Å². The Hall–Kier alpha value is -0.650. The van der Waals surface area contributed by atoms with Crippen molar-refractivity contribution in [3.63, 3.8) is 0 Å². The molecule has 0 aromatic carbocycles. The molecule has 122 valence electrons. The number of carboxylic acids is 1. The molecule has 0 amide bonds. The molecule has 0 bridgehead atoms. The number of likely N-dealkylation sites (tertiary alicyclic amines) is 1. The van der Waals surface area contributed by atoms with Crippen LogP contribution < -0.4 is 5.32 Å². The Kier molecular flexibility index (Phi) is 5.28. The van der Waals surface area contributed by atoms with E-state index >= 15 is 0 Å².